The summed E-state index contributed by atoms with van der Waals surface area (Å²) in [7, 11) is -2.11. The fourth-order valence-corrected chi connectivity index (χ4v) is 4.58. The van der Waals surface area contributed by atoms with Crippen LogP contribution in [0.2, 0.25) is 0 Å². The summed E-state index contributed by atoms with van der Waals surface area (Å²) < 4.78 is 35.5. The smallest absolute Gasteiger partial charge is 0.410 e. The van der Waals surface area contributed by atoms with Crippen molar-refractivity contribution < 1.29 is 17.9 Å². The summed E-state index contributed by atoms with van der Waals surface area (Å²) >= 11 is 0. The fourth-order valence-electron chi connectivity index (χ4n) is 3.46. The number of nitrogens with zero attached hydrogens (tertiary/aromatic N) is 3. The van der Waals surface area contributed by atoms with Crippen molar-refractivity contribution in [3.05, 3.63) is 53.6 Å². The van der Waals surface area contributed by atoms with Gasteiger partial charge in [0.15, 0.2) is 0 Å². The molecule has 1 aromatic rings. The van der Waals surface area contributed by atoms with Gasteiger partial charge in [-0.2, -0.15) is 8.42 Å². The van der Waals surface area contributed by atoms with Crippen LogP contribution in [0.25, 0.3) is 0 Å². The number of ether oxygens (including phenoxy) is 1. The van der Waals surface area contributed by atoms with E-state index < -0.39 is 16.1 Å². The average Bonchev–Trinajstić information content (AvgIpc) is 2.69. The van der Waals surface area contributed by atoms with Gasteiger partial charge in [-0.1, -0.05) is 45.0 Å². The van der Waals surface area contributed by atoms with Gasteiger partial charge >= 0.3 is 6.09 Å². The number of para-hydroxylation sites is 1. The number of carbonyl (C=O) groups excluding carboxylic acids is 1. The summed E-state index contributed by atoms with van der Waals surface area (Å²) in [4.78, 5) is 16.1. The molecule has 1 fully saturated rings. The Morgan fingerprint density at radius 1 is 1.17 bits per heavy atom. The van der Waals surface area contributed by atoms with Crippen LogP contribution in [0.5, 0.6) is 5.75 Å². The lowest BCUT2D eigenvalue weighted by molar-refractivity contribution is 0.133. The lowest BCUT2D eigenvalue weighted by Gasteiger charge is -2.37. The van der Waals surface area contributed by atoms with Gasteiger partial charge in [0.05, 0.1) is 6.04 Å². The Bertz CT molecular complexity index is 975. The zero-order valence-electron chi connectivity index (χ0n) is 17.9. The molecule has 3 rings (SSSR count). The molecule has 8 heteroatoms. The van der Waals surface area contributed by atoms with E-state index in [0.29, 0.717) is 18.0 Å². The maximum Gasteiger partial charge on any atom is 0.419 e. The Balaban J connectivity index is 1.92. The van der Waals surface area contributed by atoms with E-state index in [1.165, 1.54) is 17.2 Å². The molecule has 0 saturated carbocycles. The van der Waals surface area contributed by atoms with E-state index in [9.17, 15) is 13.2 Å². The third-order valence-electron chi connectivity index (χ3n) is 5.16. The molecule has 0 bridgehead atoms. The second-order valence-corrected chi connectivity index (χ2v) is 10.3. The summed E-state index contributed by atoms with van der Waals surface area (Å²) in [5, 5.41) is 0. The third kappa shape index (κ3) is 5.11. The molecule has 1 saturated heterocycles. The number of benzene rings is 1. The maximum atomic E-state index is 13.0. The molecule has 0 radical (unpaired) electrons. The van der Waals surface area contributed by atoms with Gasteiger partial charge in [0.25, 0.3) is 10.0 Å². The van der Waals surface area contributed by atoms with E-state index in [1.54, 1.807) is 30.3 Å². The van der Waals surface area contributed by atoms with Crippen molar-refractivity contribution >= 4 is 22.0 Å². The summed E-state index contributed by atoms with van der Waals surface area (Å²) in [6.07, 6.45) is 6.51. The van der Waals surface area contributed by atoms with Crippen molar-refractivity contribution in [3.63, 3.8) is 0 Å². The summed E-state index contributed by atoms with van der Waals surface area (Å²) in [6, 6.07) is 8.35. The van der Waals surface area contributed by atoms with E-state index in [-0.39, 0.29) is 16.4 Å². The van der Waals surface area contributed by atoms with Crippen LogP contribution in [0.1, 0.15) is 40.0 Å². The molecule has 30 heavy (non-hydrogen) atoms. The minimum absolute atomic E-state index is 0.0283. The molecule has 0 aromatic heterocycles. The average molecular weight is 432 g/mol. The molecular weight excluding hydrogens is 402 g/mol. The van der Waals surface area contributed by atoms with Gasteiger partial charge in [-0.3, -0.25) is 4.90 Å². The second-order valence-electron chi connectivity index (χ2n) is 8.65. The van der Waals surface area contributed by atoms with E-state index in [4.69, 9.17) is 4.74 Å². The van der Waals surface area contributed by atoms with Gasteiger partial charge in [-0.05, 0) is 36.5 Å². The highest BCUT2D eigenvalue weighted by molar-refractivity contribution is 7.94. The number of amides is 1. The topological polar surface area (TPSA) is 79.3 Å². The van der Waals surface area contributed by atoms with Crippen LogP contribution in [0, 0.1) is 5.41 Å². The van der Waals surface area contributed by atoms with Crippen LogP contribution in [-0.4, -0.2) is 49.8 Å². The molecule has 1 aromatic carbocycles. The number of sulfonamides is 1. The van der Waals surface area contributed by atoms with Crippen molar-refractivity contribution in [1.82, 2.24) is 9.80 Å². The molecular formula is C22H29N3O4S. The van der Waals surface area contributed by atoms with Gasteiger partial charge in [0, 0.05) is 26.2 Å². The zero-order chi connectivity index (χ0) is 21.9. The van der Waals surface area contributed by atoms with Gasteiger partial charge in [-0.15, -0.1) is 4.40 Å². The first-order chi connectivity index (χ1) is 14.1. The molecule has 2 aliphatic heterocycles. The van der Waals surface area contributed by atoms with Gasteiger partial charge in [0.1, 0.15) is 16.5 Å². The highest BCUT2D eigenvalue weighted by Gasteiger charge is 2.36. The van der Waals surface area contributed by atoms with Crippen LogP contribution < -0.4 is 4.74 Å². The van der Waals surface area contributed by atoms with Crippen LogP contribution in [0.15, 0.2) is 58.0 Å². The monoisotopic (exact) mass is 431 g/mol. The highest BCUT2D eigenvalue weighted by Crippen LogP contribution is 2.32. The van der Waals surface area contributed by atoms with Gasteiger partial charge < -0.3 is 9.64 Å². The number of piperidine rings is 1. The quantitative estimate of drug-likeness (QED) is 0.718. The number of hydrogen-bond acceptors (Lipinski definition) is 4. The van der Waals surface area contributed by atoms with Gasteiger partial charge in [0.2, 0.25) is 0 Å². The minimum atomic E-state index is -3.95. The van der Waals surface area contributed by atoms with E-state index in [2.05, 4.69) is 4.40 Å². The minimum Gasteiger partial charge on any atom is -0.410 e. The number of hydrogen-bond donors (Lipinski definition) is 0. The van der Waals surface area contributed by atoms with E-state index in [0.717, 1.165) is 19.4 Å². The van der Waals surface area contributed by atoms with Crippen molar-refractivity contribution in [2.75, 3.05) is 13.6 Å². The Hall–Kier alpha value is -2.61. The van der Waals surface area contributed by atoms with Crippen LogP contribution in [0.4, 0.5) is 4.79 Å². The second kappa shape index (κ2) is 8.63. The fraction of sp³-hybridized carbons (Fsp3) is 0.455. The largest absolute Gasteiger partial charge is 0.419 e. The van der Waals surface area contributed by atoms with Crippen LogP contribution in [-0.2, 0) is 10.0 Å². The first-order valence-corrected chi connectivity index (χ1v) is 11.5. The van der Waals surface area contributed by atoms with Gasteiger partial charge in [-0.25, -0.2) is 4.79 Å². The number of rotatable bonds is 3. The number of amidine groups is 1. The molecule has 0 N–H and O–H groups in total. The number of carbonyl (C=O) groups is 1. The maximum absolute atomic E-state index is 13.0. The predicted molar refractivity (Wildman–Crippen MR) is 118 cm³/mol. The van der Waals surface area contributed by atoms with Crippen LogP contribution >= 0.6 is 0 Å². The molecule has 7 nitrogen and oxygen atoms in total. The molecule has 2 heterocycles. The summed E-state index contributed by atoms with van der Waals surface area (Å²) in [5.41, 5.74) is -0.326. The SMILES string of the molecule is CN1CCCC/C1=N/S(=O)(=O)C1=CN(C(=O)Oc2ccccc2)C(C(C)(C)C)C=C1. The predicted octanol–water partition coefficient (Wildman–Crippen LogP) is 4.16. The Labute approximate surface area is 178 Å². The lowest BCUT2D eigenvalue weighted by atomic mass is 9.85. The van der Waals surface area contributed by atoms with Crippen LogP contribution in [0.3, 0.4) is 0 Å². The molecule has 0 spiro atoms. The first kappa shape index (κ1) is 22.1. The van der Waals surface area contributed by atoms with E-state index in [1.807, 2.05) is 38.8 Å². The molecule has 162 valence electrons. The Kier molecular flexibility index (Phi) is 6.36. The number of allylic oxidation sites excluding steroid dienone is 1. The summed E-state index contributed by atoms with van der Waals surface area (Å²) in [6.45, 7) is 6.73. The summed E-state index contributed by atoms with van der Waals surface area (Å²) in [5.74, 6) is 0.943. The van der Waals surface area contributed by atoms with Crippen molar-refractivity contribution in [1.29, 1.82) is 0 Å². The molecule has 1 unspecified atom stereocenters. The molecule has 0 aliphatic carbocycles. The van der Waals surface area contributed by atoms with Crippen molar-refractivity contribution in [2.45, 2.75) is 46.1 Å². The standard InChI is InChI=1S/C22H29N3O4S/c1-22(2,3)19-14-13-18(30(27,28)23-20-12-8-9-15-24(20)4)16-25(19)21(26)29-17-10-6-5-7-11-17/h5-7,10-11,13-14,16,19H,8-9,12,15H2,1-4H3/b23-20-. The Morgan fingerprint density at radius 3 is 2.50 bits per heavy atom. The normalized spacial score (nSPS) is 21.5. The molecule has 2 aliphatic rings. The highest BCUT2D eigenvalue weighted by atomic mass is 32.2. The third-order valence-corrected chi connectivity index (χ3v) is 6.45. The molecule has 1 amide bonds. The zero-order valence-corrected chi connectivity index (χ0v) is 18.7. The lowest BCUT2D eigenvalue weighted by Crippen LogP contribution is -2.46. The Morgan fingerprint density at radius 2 is 1.87 bits per heavy atom. The van der Waals surface area contributed by atoms with Crippen molar-refractivity contribution in [3.8, 4) is 5.75 Å². The first-order valence-electron chi connectivity index (χ1n) is 10.1. The van der Waals surface area contributed by atoms with E-state index >= 15 is 0 Å². The number of likely N-dealkylation sites (tertiary alicyclic amines) is 1. The van der Waals surface area contributed by atoms with Crippen molar-refractivity contribution in [2.24, 2.45) is 9.81 Å². The molecule has 1 atom stereocenters.